The molecule has 0 aliphatic rings. The number of sulfonamides is 1. The van der Waals surface area contributed by atoms with Crippen molar-refractivity contribution in [3.63, 3.8) is 0 Å². The maximum atomic E-state index is 12.6. The molecule has 23 heavy (non-hydrogen) atoms. The molecule has 0 saturated carbocycles. The molecular weight excluding hydrogens is 334 g/mol. The van der Waals surface area contributed by atoms with Gasteiger partial charge in [0.2, 0.25) is 15.9 Å². The summed E-state index contributed by atoms with van der Waals surface area (Å²) in [6.45, 7) is 3.80. The third-order valence-electron chi connectivity index (χ3n) is 3.04. The number of hydrogen-bond acceptors (Lipinski definition) is 5. The lowest BCUT2D eigenvalue weighted by atomic mass is 10.4. The molecule has 1 aromatic carbocycles. The predicted molar refractivity (Wildman–Crippen MR) is 91.0 cm³/mol. The number of nitrogens with one attached hydrogen (secondary N) is 1. The summed E-state index contributed by atoms with van der Waals surface area (Å²) >= 11 is 1.35. The highest BCUT2D eigenvalue weighted by Crippen LogP contribution is 2.18. The number of hydrogen-bond donors (Lipinski definition) is 1. The van der Waals surface area contributed by atoms with Crippen molar-refractivity contribution in [1.82, 2.24) is 9.29 Å². The van der Waals surface area contributed by atoms with E-state index in [1.165, 1.54) is 27.8 Å². The quantitative estimate of drug-likeness (QED) is 0.829. The predicted octanol–water partition coefficient (Wildman–Crippen LogP) is 2.49. The molecular formula is C15H19N3O3S2. The second-order valence-electron chi connectivity index (χ2n) is 4.98. The van der Waals surface area contributed by atoms with Crippen molar-refractivity contribution >= 4 is 32.4 Å². The van der Waals surface area contributed by atoms with Crippen LogP contribution < -0.4 is 5.32 Å². The van der Waals surface area contributed by atoms with Gasteiger partial charge >= 0.3 is 0 Å². The Morgan fingerprint density at radius 2 is 2.00 bits per heavy atom. The summed E-state index contributed by atoms with van der Waals surface area (Å²) in [5.74, 6) is -0.396. The number of rotatable bonds is 7. The lowest BCUT2D eigenvalue weighted by Crippen LogP contribution is -2.38. The van der Waals surface area contributed by atoms with Gasteiger partial charge < -0.3 is 5.32 Å². The number of carbonyl (C=O) groups excluding carboxylic acids is 1. The van der Waals surface area contributed by atoms with Gasteiger partial charge in [-0.1, -0.05) is 25.1 Å². The van der Waals surface area contributed by atoms with Crippen molar-refractivity contribution in [3.8, 4) is 0 Å². The van der Waals surface area contributed by atoms with E-state index < -0.39 is 15.9 Å². The summed E-state index contributed by atoms with van der Waals surface area (Å²) in [6.07, 6.45) is 2.28. The Kier molecular flexibility index (Phi) is 5.86. The largest absolute Gasteiger partial charge is 0.301 e. The highest BCUT2D eigenvalue weighted by atomic mass is 32.2. The number of amides is 1. The smallest absolute Gasteiger partial charge is 0.243 e. The summed E-state index contributed by atoms with van der Waals surface area (Å²) < 4.78 is 26.5. The van der Waals surface area contributed by atoms with Gasteiger partial charge in [-0.15, -0.1) is 11.3 Å². The molecule has 124 valence electrons. The molecule has 1 N–H and O–H groups in total. The van der Waals surface area contributed by atoms with Crippen molar-refractivity contribution in [1.29, 1.82) is 0 Å². The SMILES string of the molecule is CCCN(CC(=O)Nc1ncc(C)s1)S(=O)(=O)c1ccccc1. The Labute approximate surface area is 140 Å². The average molecular weight is 353 g/mol. The molecule has 1 heterocycles. The molecule has 6 nitrogen and oxygen atoms in total. The molecule has 0 aliphatic carbocycles. The summed E-state index contributed by atoms with van der Waals surface area (Å²) in [5, 5.41) is 3.11. The summed E-state index contributed by atoms with van der Waals surface area (Å²) in [5.41, 5.74) is 0. The fourth-order valence-corrected chi connectivity index (χ4v) is 4.20. The number of thiazole rings is 1. The molecule has 0 radical (unpaired) electrons. The van der Waals surface area contributed by atoms with Gasteiger partial charge in [-0.2, -0.15) is 4.31 Å². The standard InChI is InChI=1S/C15H19N3O3S2/c1-3-9-18(23(20,21)13-7-5-4-6-8-13)11-14(19)17-15-16-10-12(2)22-15/h4-8,10H,3,9,11H2,1-2H3,(H,16,17,19). The number of benzene rings is 1. The Bertz CT molecular complexity index is 757. The van der Waals surface area contributed by atoms with Gasteiger partial charge in [0.1, 0.15) is 0 Å². The molecule has 8 heteroatoms. The van der Waals surface area contributed by atoms with Crippen molar-refractivity contribution in [2.45, 2.75) is 25.2 Å². The molecule has 2 rings (SSSR count). The van der Waals surface area contributed by atoms with Crippen LogP contribution in [0, 0.1) is 6.92 Å². The van der Waals surface area contributed by atoms with Crippen LogP contribution in [-0.2, 0) is 14.8 Å². The first-order valence-electron chi connectivity index (χ1n) is 7.21. The van der Waals surface area contributed by atoms with Crippen LogP contribution in [-0.4, -0.2) is 36.7 Å². The molecule has 0 atom stereocenters. The van der Waals surface area contributed by atoms with Crippen LogP contribution >= 0.6 is 11.3 Å². The normalized spacial score (nSPS) is 11.6. The number of aryl methyl sites for hydroxylation is 1. The van der Waals surface area contributed by atoms with E-state index in [0.29, 0.717) is 11.6 Å². The first-order chi connectivity index (χ1) is 10.9. The number of nitrogens with zero attached hydrogens (tertiary/aromatic N) is 2. The van der Waals surface area contributed by atoms with Crippen LogP contribution in [0.5, 0.6) is 0 Å². The fraction of sp³-hybridized carbons (Fsp3) is 0.333. The summed E-state index contributed by atoms with van der Waals surface area (Å²) in [7, 11) is -3.69. The molecule has 0 spiro atoms. The Morgan fingerprint density at radius 3 is 2.57 bits per heavy atom. The lowest BCUT2D eigenvalue weighted by Gasteiger charge is -2.20. The molecule has 1 amide bonds. The number of anilines is 1. The molecule has 0 fully saturated rings. The third kappa shape index (κ3) is 4.60. The highest BCUT2D eigenvalue weighted by molar-refractivity contribution is 7.89. The van der Waals surface area contributed by atoms with E-state index in [1.807, 2.05) is 13.8 Å². The third-order valence-corrected chi connectivity index (χ3v) is 5.73. The maximum absolute atomic E-state index is 12.6. The average Bonchev–Trinajstić information content (AvgIpc) is 2.92. The molecule has 0 saturated heterocycles. The van der Waals surface area contributed by atoms with Gasteiger partial charge in [0.25, 0.3) is 0 Å². The van der Waals surface area contributed by atoms with E-state index in [0.717, 1.165) is 4.88 Å². The number of aromatic nitrogens is 1. The first-order valence-corrected chi connectivity index (χ1v) is 9.46. The minimum Gasteiger partial charge on any atom is -0.301 e. The highest BCUT2D eigenvalue weighted by Gasteiger charge is 2.25. The zero-order valence-corrected chi connectivity index (χ0v) is 14.7. The molecule has 0 bridgehead atoms. The van der Waals surface area contributed by atoms with Gasteiger partial charge in [0.05, 0.1) is 11.4 Å². The summed E-state index contributed by atoms with van der Waals surface area (Å²) in [6, 6.07) is 8.13. The minimum absolute atomic E-state index is 0.186. The van der Waals surface area contributed by atoms with Gasteiger partial charge in [0.15, 0.2) is 5.13 Å². The lowest BCUT2D eigenvalue weighted by molar-refractivity contribution is -0.116. The molecule has 0 unspecified atom stereocenters. The van der Waals surface area contributed by atoms with Crippen molar-refractivity contribution in [3.05, 3.63) is 41.4 Å². The van der Waals surface area contributed by atoms with E-state index in [-0.39, 0.29) is 18.0 Å². The van der Waals surface area contributed by atoms with Crippen LogP contribution in [0.15, 0.2) is 41.4 Å². The van der Waals surface area contributed by atoms with Gasteiger partial charge in [0, 0.05) is 17.6 Å². The van der Waals surface area contributed by atoms with Gasteiger partial charge in [-0.25, -0.2) is 13.4 Å². The van der Waals surface area contributed by atoms with Crippen molar-refractivity contribution < 1.29 is 13.2 Å². The zero-order chi connectivity index (χ0) is 16.9. The monoisotopic (exact) mass is 353 g/mol. The second kappa shape index (κ2) is 7.67. The van der Waals surface area contributed by atoms with E-state index in [9.17, 15) is 13.2 Å². The minimum atomic E-state index is -3.69. The maximum Gasteiger partial charge on any atom is 0.243 e. The van der Waals surface area contributed by atoms with Crippen LogP contribution in [0.25, 0.3) is 0 Å². The fourth-order valence-electron chi connectivity index (χ4n) is 2.01. The Balaban J connectivity index is 2.13. The molecule has 2 aromatic rings. The molecule has 0 aliphatic heterocycles. The van der Waals surface area contributed by atoms with E-state index in [4.69, 9.17) is 0 Å². The van der Waals surface area contributed by atoms with Crippen molar-refractivity contribution in [2.24, 2.45) is 0 Å². The topological polar surface area (TPSA) is 79.4 Å². The van der Waals surface area contributed by atoms with E-state index >= 15 is 0 Å². The molecule has 1 aromatic heterocycles. The van der Waals surface area contributed by atoms with Gasteiger partial charge in [-0.05, 0) is 25.5 Å². The van der Waals surface area contributed by atoms with Crippen LogP contribution in [0.1, 0.15) is 18.2 Å². The van der Waals surface area contributed by atoms with E-state index in [2.05, 4.69) is 10.3 Å². The van der Waals surface area contributed by atoms with Crippen molar-refractivity contribution in [2.75, 3.05) is 18.4 Å². The van der Waals surface area contributed by atoms with E-state index in [1.54, 1.807) is 24.4 Å². The summed E-state index contributed by atoms with van der Waals surface area (Å²) in [4.78, 5) is 17.3. The Morgan fingerprint density at radius 1 is 1.30 bits per heavy atom. The van der Waals surface area contributed by atoms with Crippen LogP contribution in [0.3, 0.4) is 0 Å². The van der Waals surface area contributed by atoms with Crippen LogP contribution in [0.4, 0.5) is 5.13 Å². The first kappa shape index (κ1) is 17.6. The number of carbonyl (C=O) groups is 1. The Hall–Kier alpha value is -1.77. The van der Waals surface area contributed by atoms with Crippen LogP contribution in [0.2, 0.25) is 0 Å². The zero-order valence-electron chi connectivity index (χ0n) is 13.0. The second-order valence-corrected chi connectivity index (χ2v) is 8.15. The van der Waals surface area contributed by atoms with Gasteiger partial charge in [-0.3, -0.25) is 4.79 Å².